The van der Waals surface area contributed by atoms with Crippen LogP contribution in [0.1, 0.15) is 11.3 Å². The van der Waals surface area contributed by atoms with E-state index in [2.05, 4.69) is 5.32 Å². The average molecular weight is 310 g/mol. The number of hydrogen-bond acceptors (Lipinski definition) is 6. The Morgan fingerprint density at radius 2 is 2.33 bits per heavy atom. The summed E-state index contributed by atoms with van der Waals surface area (Å²) in [6.45, 7) is -0.342. The van der Waals surface area contributed by atoms with Crippen molar-refractivity contribution in [2.24, 2.45) is 0 Å². The van der Waals surface area contributed by atoms with Gasteiger partial charge in [0, 0.05) is 11.3 Å². The zero-order chi connectivity index (χ0) is 15.0. The fraction of sp³-hybridized carbons (Fsp3) is 0.385. The van der Waals surface area contributed by atoms with Gasteiger partial charge in [0.25, 0.3) is 5.91 Å². The smallest absolute Gasteiger partial charge is 0.331 e. The maximum absolute atomic E-state index is 11.9. The van der Waals surface area contributed by atoms with E-state index in [1.807, 2.05) is 17.5 Å². The van der Waals surface area contributed by atoms with Crippen LogP contribution in [0.2, 0.25) is 0 Å². The van der Waals surface area contributed by atoms with Gasteiger partial charge < -0.3 is 14.9 Å². The predicted molar refractivity (Wildman–Crippen MR) is 74.0 cm³/mol. The summed E-state index contributed by atoms with van der Waals surface area (Å²) in [6.07, 6.45) is -0.636. The number of imide groups is 1. The van der Waals surface area contributed by atoms with Gasteiger partial charge in [-0.1, -0.05) is 6.07 Å². The zero-order valence-electron chi connectivity index (χ0n) is 10.9. The first-order chi connectivity index (χ1) is 10.1. The van der Waals surface area contributed by atoms with E-state index in [4.69, 9.17) is 9.84 Å². The molecule has 3 N–H and O–H groups in total. The fourth-order valence-corrected chi connectivity index (χ4v) is 3.06. The molecule has 2 aliphatic rings. The molecule has 112 valence electrons. The molecule has 0 saturated carbocycles. The zero-order valence-corrected chi connectivity index (χ0v) is 11.7. The normalized spacial score (nSPS) is 31.2. The van der Waals surface area contributed by atoms with Crippen molar-refractivity contribution in [3.8, 4) is 0 Å². The Balaban J connectivity index is 1.88. The highest BCUT2D eigenvalue weighted by atomic mass is 32.1. The number of thiophene rings is 1. The van der Waals surface area contributed by atoms with Crippen molar-refractivity contribution in [1.29, 1.82) is 0 Å². The summed E-state index contributed by atoms with van der Waals surface area (Å²) < 4.78 is 5.45. The Bertz CT molecular complexity index is 585. The highest BCUT2D eigenvalue weighted by Gasteiger charge is 2.45. The fourth-order valence-electron chi connectivity index (χ4n) is 2.41. The molecule has 2 fully saturated rings. The Morgan fingerprint density at radius 3 is 2.95 bits per heavy atom. The van der Waals surface area contributed by atoms with Crippen LogP contribution in [0.5, 0.6) is 0 Å². The lowest BCUT2D eigenvalue weighted by Gasteiger charge is -2.22. The standard InChI is InChI=1S/C13H14N2O5S/c16-6-10-9(17)5-11(20-10)15-8(12(18)14-13(15)19)4-7-2-1-3-21-7/h1-4,9-11,16-17H,5-6H2,(H,14,18,19)/b8-4-/t9-,10+,11-/m0/s1. The number of aliphatic hydroxyl groups excluding tert-OH is 2. The lowest BCUT2D eigenvalue weighted by Crippen LogP contribution is -2.37. The Morgan fingerprint density at radius 1 is 1.52 bits per heavy atom. The molecule has 0 radical (unpaired) electrons. The molecule has 0 unspecified atom stereocenters. The minimum atomic E-state index is -0.869. The van der Waals surface area contributed by atoms with Gasteiger partial charge in [-0.2, -0.15) is 0 Å². The molecular weight excluding hydrogens is 296 g/mol. The minimum Gasteiger partial charge on any atom is -0.394 e. The molecule has 3 heterocycles. The summed E-state index contributed by atoms with van der Waals surface area (Å²) in [7, 11) is 0. The third-order valence-corrected chi connectivity index (χ3v) is 4.25. The molecule has 7 nitrogen and oxygen atoms in total. The van der Waals surface area contributed by atoms with Gasteiger partial charge in [-0.05, 0) is 17.5 Å². The molecule has 2 saturated heterocycles. The van der Waals surface area contributed by atoms with Gasteiger partial charge in [0.15, 0.2) is 0 Å². The quantitative estimate of drug-likeness (QED) is 0.543. The van der Waals surface area contributed by atoms with Crippen molar-refractivity contribution in [2.45, 2.75) is 24.9 Å². The molecule has 0 bridgehead atoms. The molecule has 8 heteroatoms. The average Bonchev–Trinajstić information content (AvgIpc) is 3.12. The first kappa shape index (κ1) is 14.2. The Labute approximate surface area is 124 Å². The number of amides is 3. The van der Waals surface area contributed by atoms with E-state index >= 15 is 0 Å². The predicted octanol–water partition coefficient (Wildman–Crippen LogP) is 0.109. The maximum atomic E-state index is 11.9. The van der Waals surface area contributed by atoms with Crippen molar-refractivity contribution < 1.29 is 24.5 Å². The van der Waals surface area contributed by atoms with Gasteiger partial charge in [0.2, 0.25) is 0 Å². The van der Waals surface area contributed by atoms with Crippen LogP contribution in [0.15, 0.2) is 23.2 Å². The number of carbonyl (C=O) groups excluding carboxylic acids is 2. The van der Waals surface area contributed by atoms with Crippen molar-refractivity contribution in [3.05, 3.63) is 28.1 Å². The lowest BCUT2D eigenvalue weighted by molar-refractivity contribution is -0.116. The van der Waals surface area contributed by atoms with Gasteiger partial charge in [-0.3, -0.25) is 15.0 Å². The molecule has 1 aromatic rings. The first-order valence-corrected chi connectivity index (χ1v) is 7.32. The number of urea groups is 1. The second-order valence-electron chi connectivity index (χ2n) is 4.79. The molecule has 3 atom stereocenters. The lowest BCUT2D eigenvalue weighted by atomic mass is 10.2. The first-order valence-electron chi connectivity index (χ1n) is 6.44. The highest BCUT2D eigenvalue weighted by molar-refractivity contribution is 7.10. The molecular formula is C13H14N2O5S. The summed E-state index contributed by atoms with van der Waals surface area (Å²) in [5.74, 6) is -0.501. The van der Waals surface area contributed by atoms with Crippen molar-refractivity contribution in [1.82, 2.24) is 10.2 Å². The summed E-state index contributed by atoms with van der Waals surface area (Å²) in [6, 6.07) is 3.08. The molecule has 3 rings (SSSR count). The van der Waals surface area contributed by atoms with E-state index in [0.29, 0.717) is 0 Å². The second kappa shape index (κ2) is 5.57. The topological polar surface area (TPSA) is 99.1 Å². The van der Waals surface area contributed by atoms with Crippen molar-refractivity contribution in [3.63, 3.8) is 0 Å². The largest absolute Gasteiger partial charge is 0.394 e. The van der Waals surface area contributed by atoms with Gasteiger partial charge in [-0.15, -0.1) is 11.3 Å². The van der Waals surface area contributed by atoms with E-state index < -0.39 is 30.4 Å². The number of aliphatic hydroxyl groups is 2. The van der Waals surface area contributed by atoms with Crippen molar-refractivity contribution >= 4 is 29.4 Å². The monoisotopic (exact) mass is 310 g/mol. The van der Waals surface area contributed by atoms with Gasteiger partial charge in [0.05, 0.1) is 12.7 Å². The number of carbonyl (C=O) groups is 2. The summed E-state index contributed by atoms with van der Waals surface area (Å²) >= 11 is 1.44. The van der Waals surface area contributed by atoms with E-state index in [-0.39, 0.29) is 18.7 Å². The summed E-state index contributed by atoms with van der Waals surface area (Å²) in [5, 5.41) is 23.0. The van der Waals surface area contributed by atoms with Gasteiger partial charge >= 0.3 is 6.03 Å². The molecule has 2 aliphatic heterocycles. The van der Waals surface area contributed by atoms with Gasteiger partial charge in [0.1, 0.15) is 18.0 Å². The third-order valence-electron chi connectivity index (χ3n) is 3.43. The highest BCUT2D eigenvalue weighted by Crippen LogP contribution is 2.29. The Hall–Kier alpha value is -1.74. The van der Waals surface area contributed by atoms with Crippen LogP contribution in [0.4, 0.5) is 4.79 Å². The van der Waals surface area contributed by atoms with Crippen LogP contribution in [0.25, 0.3) is 6.08 Å². The second-order valence-corrected chi connectivity index (χ2v) is 5.77. The Kier molecular flexibility index (Phi) is 3.77. The van der Waals surface area contributed by atoms with Crippen molar-refractivity contribution in [2.75, 3.05) is 6.61 Å². The maximum Gasteiger partial charge on any atom is 0.331 e. The molecule has 21 heavy (non-hydrogen) atoms. The number of nitrogens with zero attached hydrogens (tertiary/aromatic N) is 1. The molecule has 0 aromatic carbocycles. The number of rotatable bonds is 3. The number of hydrogen-bond donors (Lipinski definition) is 3. The van der Waals surface area contributed by atoms with Crippen LogP contribution >= 0.6 is 11.3 Å². The van der Waals surface area contributed by atoms with Gasteiger partial charge in [-0.25, -0.2) is 4.79 Å². The van der Waals surface area contributed by atoms with E-state index in [0.717, 1.165) is 4.88 Å². The van der Waals surface area contributed by atoms with Crippen LogP contribution in [0.3, 0.4) is 0 Å². The minimum absolute atomic E-state index is 0.147. The molecule has 3 amide bonds. The molecule has 0 spiro atoms. The van der Waals surface area contributed by atoms with E-state index in [1.54, 1.807) is 6.08 Å². The summed E-state index contributed by atoms with van der Waals surface area (Å²) in [4.78, 5) is 25.9. The van der Waals surface area contributed by atoms with Crippen LogP contribution in [-0.2, 0) is 9.53 Å². The van der Waals surface area contributed by atoms with E-state index in [9.17, 15) is 14.7 Å². The van der Waals surface area contributed by atoms with E-state index in [1.165, 1.54) is 16.2 Å². The van der Waals surface area contributed by atoms with Crippen LogP contribution in [0, 0.1) is 0 Å². The van der Waals surface area contributed by atoms with Crippen LogP contribution < -0.4 is 5.32 Å². The molecule has 0 aliphatic carbocycles. The number of ether oxygens (including phenoxy) is 1. The summed E-state index contributed by atoms with van der Waals surface area (Å²) in [5.41, 5.74) is 0.179. The third kappa shape index (κ3) is 2.58. The SMILES string of the molecule is O=C1NC(=O)N([C@@H]2C[C@H](O)[C@@H](CO)O2)/C1=C\c1cccs1. The number of nitrogens with one attached hydrogen (secondary N) is 1. The van der Waals surface area contributed by atoms with Crippen LogP contribution in [-0.4, -0.2) is 52.1 Å². The molecule has 1 aromatic heterocycles.